The maximum Gasteiger partial charge on any atom is 0.408 e. The molecule has 0 spiro atoms. The topological polar surface area (TPSA) is 99.8 Å². The second kappa shape index (κ2) is 13.8. The molecule has 0 radical (unpaired) electrons. The molecule has 210 valence electrons. The quantitative estimate of drug-likeness (QED) is 0.363. The van der Waals surface area contributed by atoms with Gasteiger partial charge < -0.3 is 15.4 Å². The minimum Gasteiger partial charge on any atom is -0.444 e. The number of hydrogen-bond donors (Lipinski definition) is 3. The van der Waals surface area contributed by atoms with Crippen molar-refractivity contribution in [2.75, 3.05) is 11.6 Å². The van der Waals surface area contributed by atoms with E-state index in [-0.39, 0.29) is 17.7 Å². The second-order valence-electron chi connectivity index (χ2n) is 11.3. The Kier molecular flexibility index (Phi) is 10.5. The lowest BCUT2D eigenvalue weighted by Crippen LogP contribution is -2.51. The van der Waals surface area contributed by atoms with Gasteiger partial charge in [0.15, 0.2) is 0 Å². The number of nitrogens with zero attached hydrogens (tertiary/aromatic N) is 1. The molecule has 2 aromatic rings. The van der Waals surface area contributed by atoms with E-state index in [0.717, 1.165) is 17.7 Å². The number of aryl methyl sites for hydroxylation is 1. The van der Waals surface area contributed by atoms with Gasteiger partial charge in [0, 0.05) is 18.7 Å². The fourth-order valence-corrected chi connectivity index (χ4v) is 4.45. The summed E-state index contributed by atoms with van der Waals surface area (Å²) in [6.07, 6.45) is 5.18. The van der Waals surface area contributed by atoms with E-state index in [1.807, 2.05) is 67.4 Å². The molecule has 0 aliphatic carbocycles. The number of hydrazine groups is 1. The summed E-state index contributed by atoms with van der Waals surface area (Å²) >= 11 is 0. The van der Waals surface area contributed by atoms with Crippen molar-refractivity contribution in [1.82, 2.24) is 16.1 Å². The highest BCUT2D eigenvalue weighted by atomic mass is 16.6. The fraction of sp³-hybridized carbons (Fsp3) is 0.452. The third-order valence-corrected chi connectivity index (χ3v) is 6.24. The number of nitrogens with one attached hydrogen (secondary N) is 3. The average Bonchev–Trinajstić information content (AvgIpc) is 3.27. The summed E-state index contributed by atoms with van der Waals surface area (Å²) in [6.45, 7) is 10.0. The van der Waals surface area contributed by atoms with Crippen LogP contribution in [0.3, 0.4) is 0 Å². The normalized spacial score (nSPS) is 14.6. The van der Waals surface area contributed by atoms with Crippen LogP contribution in [0.25, 0.3) is 0 Å². The van der Waals surface area contributed by atoms with Crippen molar-refractivity contribution in [3.8, 4) is 0 Å². The first-order valence-corrected chi connectivity index (χ1v) is 13.7. The van der Waals surface area contributed by atoms with Gasteiger partial charge in [-0.3, -0.25) is 20.0 Å². The molecule has 2 unspecified atom stereocenters. The van der Waals surface area contributed by atoms with Gasteiger partial charge in [-0.1, -0.05) is 68.5 Å². The molecule has 0 aromatic heterocycles. The van der Waals surface area contributed by atoms with Crippen LogP contribution in [0, 0.1) is 5.92 Å². The van der Waals surface area contributed by atoms with Gasteiger partial charge in [-0.15, -0.1) is 0 Å². The SMILES string of the molecule is CC(C)CC(NC(=O)OC(C)(C)C)C(=O)NC(C=CC(=O)NN1CCc2ccccc21)CCc1ccccc1. The molecule has 2 atom stereocenters. The van der Waals surface area contributed by atoms with Gasteiger partial charge in [0.05, 0.1) is 5.69 Å². The largest absolute Gasteiger partial charge is 0.444 e. The zero-order valence-corrected chi connectivity index (χ0v) is 23.7. The molecule has 0 fully saturated rings. The summed E-state index contributed by atoms with van der Waals surface area (Å²) in [4.78, 5) is 38.6. The van der Waals surface area contributed by atoms with Gasteiger partial charge in [-0.05, 0) is 69.6 Å². The molecule has 0 saturated carbocycles. The van der Waals surface area contributed by atoms with Crippen LogP contribution >= 0.6 is 0 Å². The molecule has 3 amide bonds. The molecule has 2 aromatic carbocycles. The first-order chi connectivity index (χ1) is 18.5. The lowest BCUT2D eigenvalue weighted by molar-refractivity contribution is -0.124. The zero-order valence-electron chi connectivity index (χ0n) is 23.7. The first-order valence-electron chi connectivity index (χ1n) is 13.7. The Morgan fingerprint density at radius 2 is 1.69 bits per heavy atom. The summed E-state index contributed by atoms with van der Waals surface area (Å²) in [5.41, 5.74) is 5.59. The number of benzene rings is 2. The van der Waals surface area contributed by atoms with Crippen LogP contribution in [0.4, 0.5) is 10.5 Å². The average molecular weight is 535 g/mol. The van der Waals surface area contributed by atoms with Crippen LogP contribution < -0.4 is 21.1 Å². The Hall–Kier alpha value is -3.81. The van der Waals surface area contributed by atoms with E-state index < -0.39 is 23.8 Å². The maximum atomic E-state index is 13.3. The summed E-state index contributed by atoms with van der Waals surface area (Å²) in [5, 5.41) is 7.61. The van der Waals surface area contributed by atoms with Crippen molar-refractivity contribution in [2.45, 2.75) is 78.0 Å². The number of ether oxygens (including phenoxy) is 1. The van der Waals surface area contributed by atoms with Crippen LogP contribution in [0.5, 0.6) is 0 Å². The molecule has 1 heterocycles. The summed E-state index contributed by atoms with van der Waals surface area (Å²) < 4.78 is 5.38. The summed E-state index contributed by atoms with van der Waals surface area (Å²) in [5.74, 6) is -0.412. The third-order valence-electron chi connectivity index (χ3n) is 6.24. The Bertz CT molecular complexity index is 1140. The predicted molar refractivity (Wildman–Crippen MR) is 154 cm³/mol. The molecular formula is C31H42N4O4. The van der Waals surface area contributed by atoms with Gasteiger partial charge >= 0.3 is 6.09 Å². The van der Waals surface area contributed by atoms with E-state index >= 15 is 0 Å². The summed E-state index contributed by atoms with van der Waals surface area (Å²) in [6, 6.07) is 16.8. The number of carbonyl (C=O) groups excluding carboxylic acids is 3. The molecular weight excluding hydrogens is 492 g/mol. The van der Waals surface area contributed by atoms with Crippen LogP contribution in [0.1, 0.15) is 58.6 Å². The van der Waals surface area contributed by atoms with Crippen molar-refractivity contribution in [3.63, 3.8) is 0 Å². The number of anilines is 1. The van der Waals surface area contributed by atoms with Crippen molar-refractivity contribution in [2.24, 2.45) is 5.92 Å². The van der Waals surface area contributed by atoms with Gasteiger partial charge in [0.25, 0.3) is 5.91 Å². The van der Waals surface area contributed by atoms with Gasteiger partial charge in [0.2, 0.25) is 5.91 Å². The summed E-state index contributed by atoms with van der Waals surface area (Å²) in [7, 11) is 0. The van der Waals surface area contributed by atoms with E-state index in [1.54, 1.807) is 26.8 Å². The van der Waals surface area contributed by atoms with E-state index in [1.165, 1.54) is 11.6 Å². The lowest BCUT2D eigenvalue weighted by atomic mass is 10.0. The lowest BCUT2D eigenvalue weighted by Gasteiger charge is -2.25. The van der Waals surface area contributed by atoms with Crippen molar-refractivity contribution in [3.05, 3.63) is 77.9 Å². The van der Waals surface area contributed by atoms with E-state index in [4.69, 9.17) is 4.74 Å². The Labute approximate surface area is 232 Å². The van der Waals surface area contributed by atoms with E-state index in [2.05, 4.69) is 22.1 Å². The van der Waals surface area contributed by atoms with Crippen LogP contribution in [0.15, 0.2) is 66.7 Å². The standard InChI is InChI=1S/C31H42N4O4/c1-22(2)21-26(33-30(38)39-31(3,4)5)29(37)32-25(16-15-23-11-7-6-8-12-23)17-18-28(36)34-35-20-19-24-13-9-10-14-27(24)35/h6-14,17-18,22,25-26H,15-16,19-21H2,1-5H3,(H,32,37)(H,33,38)(H,34,36). The van der Waals surface area contributed by atoms with Crippen molar-refractivity contribution in [1.29, 1.82) is 0 Å². The third kappa shape index (κ3) is 10.1. The first kappa shape index (κ1) is 29.7. The van der Waals surface area contributed by atoms with Crippen molar-refractivity contribution >= 4 is 23.6 Å². The fourth-order valence-electron chi connectivity index (χ4n) is 4.45. The molecule has 39 heavy (non-hydrogen) atoms. The number of alkyl carbamates (subject to hydrolysis) is 1. The minimum absolute atomic E-state index is 0.170. The zero-order chi connectivity index (χ0) is 28.4. The Morgan fingerprint density at radius 3 is 2.38 bits per heavy atom. The maximum absolute atomic E-state index is 13.3. The molecule has 3 N–H and O–H groups in total. The monoisotopic (exact) mass is 534 g/mol. The van der Waals surface area contributed by atoms with Gasteiger partial charge in [-0.2, -0.15) is 0 Å². The smallest absolute Gasteiger partial charge is 0.408 e. The van der Waals surface area contributed by atoms with Crippen LogP contribution in [-0.2, 0) is 27.2 Å². The van der Waals surface area contributed by atoms with E-state index in [0.29, 0.717) is 25.8 Å². The second-order valence-corrected chi connectivity index (χ2v) is 11.3. The molecule has 0 saturated heterocycles. The molecule has 1 aliphatic rings. The highest BCUT2D eigenvalue weighted by Gasteiger charge is 2.26. The number of carbonyl (C=O) groups is 3. The molecule has 1 aliphatic heterocycles. The number of para-hydroxylation sites is 1. The minimum atomic E-state index is -0.762. The number of amides is 3. The molecule has 3 rings (SSSR count). The van der Waals surface area contributed by atoms with Gasteiger partial charge in [-0.25, -0.2) is 4.79 Å². The number of hydrogen-bond acceptors (Lipinski definition) is 5. The highest BCUT2D eigenvalue weighted by Crippen LogP contribution is 2.25. The molecule has 8 heteroatoms. The number of rotatable bonds is 11. The molecule has 0 bridgehead atoms. The van der Waals surface area contributed by atoms with E-state index in [9.17, 15) is 14.4 Å². The molecule has 8 nitrogen and oxygen atoms in total. The van der Waals surface area contributed by atoms with Crippen LogP contribution in [-0.4, -0.2) is 42.1 Å². The van der Waals surface area contributed by atoms with Gasteiger partial charge in [0.1, 0.15) is 11.6 Å². The highest BCUT2D eigenvalue weighted by molar-refractivity contribution is 5.89. The Balaban J connectivity index is 1.69. The number of fused-ring (bicyclic) bond motifs is 1. The predicted octanol–water partition coefficient (Wildman–Crippen LogP) is 4.69. The van der Waals surface area contributed by atoms with Crippen molar-refractivity contribution < 1.29 is 19.1 Å². The Morgan fingerprint density at radius 1 is 1.00 bits per heavy atom. The van der Waals surface area contributed by atoms with Crippen LogP contribution in [0.2, 0.25) is 0 Å².